The van der Waals surface area contributed by atoms with Gasteiger partial charge < -0.3 is 15.1 Å². The number of amides is 3. The van der Waals surface area contributed by atoms with Gasteiger partial charge in [0.05, 0.1) is 6.54 Å². The minimum Gasteiger partial charge on any atom is -0.332 e. The van der Waals surface area contributed by atoms with Gasteiger partial charge in [-0.05, 0) is 67.5 Å². The molecular weight excluding hydrogens is 430 g/mol. The van der Waals surface area contributed by atoms with E-state index in [0.29, 0.717) is 13.1 Å². The van der Waals surface area contributed by atoms with E-state index in [1.165, 1.54) is 5.56 Å². The third-order valence-electron chi connectivity index (χ3n) is 5.94. The van der Waals surface area contributed by atoms with Gasteiger partial charge in [-0.2, -0.15) is 0 Å². The number of benzene rings is 2. The molecule has 6 heteroatoms. The predicted octanol–water partition coefficient (Wildman–Crippen LogP) is 6.23. The fraction of sp³-hybridized carbons (Fsp3) is 0.333. The van der Waals surface area contributed by atoms with E-state index in [9.17, 15) is 9.59 Å². The predicted molar refractivity (Wildman–Crippen MR) is 136 cm³/mol. The fourth-order valence-corrected chi connectivity index (χ4v) is 4.25. The number of carbonyl (C=O) groups is 2. The second-order valence-electron chi connectivity index (χ2n) is 8.43. The second kappa shape index (κ2) is 11.7. The number of urea groups is 1. The summed E-state index contributed by atoms with van der Waals surface area (Å²) in [4.78, 5) is 31.3. The van der Waals surface area contributed by atoms with Crippen LogP contribution in [0.25, 0.3) is 0 Å². The first-order chi connectivity index (χ1) is 15.9. The van der Waals surface area contributed by atoms with Gasteiger partial charge >= 0.3 is 6.03 Å². The molecule has 0 spiro atoms. The highest BCUT2D eigenvalue weighted by Gasteiger charge is 2.25. The van der Waals surface area contributed by atoms with Gasteiger partial charge in [0.15, 0.2) is 0 Å². The van der Waals surface area contributed by atoms with Crippen LogP contribution in [0.3, 0.4) is 0 Å². The first-order valence-corrected chi connectivity index (χ1v) is 12.2. The first-order valence-electron chi connectivity index (χ1n) is 11.4. The second-order valence-corrected chi connectivity index (χ2v) is 9.46. The van der Waals surface area contributed by atoms with E-state index in [1.807, 2.05) is 98.6 Å². The summed E-state index contributed by atoms with van der Waals surface area (Å²) in [5.74, 6) is -0.0669. The minimum absolute atomic E-state index is 0.0316. The number of nitrogens with zero attached hydrogens (tertiary/aromatic N) is 2. The summed E-state index contributed by atoms with van der Waals surface area (Å²) in [5.41, 5.74) is 4.09. The van der Waals surface area contributed by atoms with E-state index in [1.54, 1.807) is 16.2 Å². The molecule has 5 nitrogen and oxygen atoms in total. The first kappa shape index (κ1) is 24.5. The Balaban J connectivity index is 1.77. The van der Waals surface area contributed by atoms with Crippen molar-refractivity contribution in [1.29, 1.82) is 0 Å². The highest BCUT2D eigenvalue weighted by Crippen LogP contribution is 2.18. The maximum absolute atomic E-state index is 13.5. The molecule has 33 heavy (non-hydrogen) atoms. The molecule has 0 aliphatic carbocycles. The lowest BCUT2D eigenvalue weighted by molar-refractivity contribution is -0.133. The maximum atomic E-state index is 13.5. The number of hydrogen-bond donors (Lipinski definition) is 1. The van der Waals surface area contributed by atoms with E-state index in [-0.39, 0.29) is 24.5 Å². The topological polar surface area (TPSA) is 52.7 Å². The maximum Gasteiger partial charge on any atom is 0.322 e. The van der Waals surface area contributed by atoms with Crippen molar-refractivity contribution in [3.05, 3.63) is 87.6 Å². The Bertz CT molecular complexity index is 1050. The number of carbonyl (C=O) groups excluding carboxylic acids is 2. The van der Waals surface area contributed by atoms with Crippen LogP contribution < -0.4 is 5.32 Å². The van der Waals surface area contributed by atoms with Crippen molar-refractivity contribution >= 4 is 29.0 Å². The number of aryl methyl sites for hydroxylation is 2. The van der Waals surface area contributed by atoms with Crippen LogP contribution in [0.1, 0.15) is 41.8 Å². The molecule has 3 amide bonds. The van der Waals surface area contributed by atoms with Gasteiger partial charge in [-0.1, -0.05) is 49.4 Å². The van der Waals surface area contributed by atoms with Gasteiger partial charge in [0.2, 0.25) is 5.91 Å². The molecule has 2 aromatic carbocycles. The molecule has 0 radical (unpaired) electrons. The lowest BCUT2D eigenvalue weighted by Crippen LogP contribution is -2.47. The van der Waals surface area contributed by atoms with Crippen LogP contribution in [-0.4, -0.2) is 34.3 Å². The summed E-state index contributed by atoms with van der Waals surface area (Å²) < 4.78 is 0. The molecular formula is C27H33N3O2S. The lowest BCUT2D eigenvalue weighted by atomic mass is 10.1. The Morgan fingerprint density at radius 1 is 0.970 bits per heavy atom. The van der Waals surface area contributed by atoms with Gasteiger partial charge in [-0.25, -0.2) is 4.79 Å². The van der Waals surface area contributed by atoms with Crippen molar-refractivity contribution in [1.82, 2.24) is 9.80 Å². The zero-order valence-corrected chi connectivity index (χ0v) is 20.7. The summed E-state index contributed by atoms with van der Waals surface area (Å²) in [6.45, 7) is 9.13. The summed E-state index contributed by atoms with van der Waals surface area (Å²) in [7, 11) is 0. The van der Waals surface area contributed by atoms with Crippen molar-refractivity contribution in [2.75, 3.05) is 11.9 Å². The molecule has 0 unspecified atom stereocenters. The molecule has 3 aromatic rings. The Hall–Kier alpha value is -3.12. The van der Waals surface area contributed by atoms with E-state index >= 15 is 0 Å². The normalized spacial score (nSPS) is 11.6. The zero-order chi connectivity index (χ0) is 23.8. The molecule has 0 fully saturated rings. The van der Waals surface area contributed by atoms with Gasteiger partial charge in [-0.3, -0.25) is 4.79 Å². The molecule has 0 saturated carbocycles. The largest absolute Gasteiger partial charge is 0.332 e. The average Bonchev–Trinajstić information content (AvgIpc) is 3.32. The molecule has 1 atom stereocenters. The van der Waals surface area contributed by atoms with Gasteiger partial charge in [0, 0.05) is 23.2 Å². The molecule has 0 aliphatic heterocycles. The smallest absolute Gasteiger partial charge is 0.322 e. The molecule has 1 aromatic heterocycles. The Kier molecular flexibility index (Phi) is 8.66. The van der Waals surface area contributed by atoms with Crippen LogP contribution in [0.2, 0.25) is 0 Å². The summed E-state index contributed by atoms with van der Waals surface area (Å²) in [6.07, 6.45) is 0.761. The van der Waals surface area contributed by atoms with Crippen molar-refractivity contribution < 1.29 is 9.59 Å². The third kappa shape index (κ3) is 6.93. The van der Waals surface area contributed by atoms with Crippen molar-refractivity contribution in [2.45, 2.75) is 53.2 Å². The lowest BCUT2D eigenvalue weighted by Gasteiger charge is -2.31. The number of hydrogen-bond acceptors (Lipinski definition) is 3. The van der Waals surface area contributed by atoms with E-state index < -0.39 is 0 Å². The Morgan fingerprint density at radius 3 is 2.36 bits per heavy atom. The van der Waals surface area contributed by atoms with Crippen molar-refractivity contribution in [3.63, 3.8) is 0 Å². The van der Waals surface area contributed by atoms with Gasteiger partial charge in [-0.15, -0.1) is 11.3 Å². The Morgan fingerprint density at radius 2 is 1.73 bits per heavy atom. The summed E-state index contributed by atoms with van der Waals surface area (Å²) >= 11 is 1.63. The van der Waals surface area contributed by atoms with Crippen LogP contribution in [-0.2, 0) is 17.9 Å². The van der Waals surface area contributed by atoms with Gasteiger partial charge in [0.25, 0.3) is 0 Å². The molecule has 0 bridgehead atoms. The number of rotatable bonds is 9. The van der Waals surface area contributed by atoms with Gasteiger partial charge in [0.1, 0.15) is 6.54 Å². The highest BCUT2D eigenvalue weighted by molar-refractivity contribution is 7.09. The third-order valence-corrected chi connectivity index (χ3v) is 6.80. The van der Waals surface area contributed by atoms with E-state index in [2.05, 4.69) is 5.32 Å². The van der Waals surface area contributed by atoms with Crippen molar-refractivity contribution in [2.24, 2.45) is 0 Å². The summed E-state index contributed by atoms with van der Waals surface area (Å²) in [5, 5.41) is 5.00. The quantitative estimate of drug-likeness (QED) is 0.409. The van der Waals surface area contributed by atoms with E-state index in [4.69, 9.17) is 0 Å². The average molecular weight is 464 g/mol. The van der Waals surface area contributed by atoms with E-state index in [0.717, 1.165) is 28.1 Å². The molecule has 0 saturated heterocycles. The van der Waals surface area contributed by atoms with Crippen LogP contribution in [0, 0.1) is 13.8 Å². The summed E-state index contributed by atoms with van der Waals surface area (Å²) in [6, 6.07) is 19.5. The van der Waals surface area contributed by atoms with Crippen LogP contribution >= 0.6 is 11.3 Å². The highest BCUT2D eigenvalue weighted by atomic mass is 32.1. The van der Waals surface area contributed by atoms with Crippen LogP contribution in [0.15, 0.2) is 66.0 Å². The molecule has 1 heterocycles. The van der Waals surface area contributed by atoms with Crippen molar-refractivity contribution in [3.8, 4) is 0 Å². The SMILES string of the molecule is CC[C@@H](C)N(CC(=O)N(Cc1ccccc1)Cc1cccs1)C(=O)Nc1ccc(C)c(C)c1. The molecule has 174 valence electrons. The fourth-order valence-electron chi connectivity index (χ4n) is 3.54. The Labute approximate surface area is 201 Å². The number of anilines is 1. The molecule has 1 N–H and O–H groups in total. The molecule has 0 aliphatic rings. The number of nitrogens with one attached hydrogen (secondary N) is 1. The minimum atomic E-state index is -0.253. The monoisotopic (exact) mass is 463 g/mol. The van der Waals surface area contributed by atoms with Crippen LogP contribution in [0.5, 0.6) is 0 Å². The zero-order valence-electron chi connectivity index (χ0n) is 19.9. The van der Waals surface area contributed by atoms with Crippen LogP contribution in [0.4, 0.5) is 10.5 Å². The standard InChI is InChI=1S/C27H33N3O2S/c1-5-22(4)30(27(32)28-24-14-13-20(2)21(3)16-24)19-26(31)29(18-25-12-9-15-33-25)17-23-10-7-6-8-11-23/h6-16,22H,5,17-19H2,1-4H3,(H,28,32)/t22-/m1/s1. The molecule has 3 rings (SSSR count). The number of thiophene rings is 1.